The molecule has 31 heavy (non-hydrogen) atoms. The Kier molecular flexibility index (Phi) is 7.47. The number of phenolic OH excluding ortho intramolecular Hbond substituents is 1. The number of nitrogens with zero attached hydrogens (tertiary/aromatic N) is 1. The Morgan fingerprint density at radius 1 is 1.03 bits per heavy atom. The fraction of sp³-hybridized carbons (Fsp3) is 0.435. The minimum atomic E-state index is -4.95. The van der Waals surface area contributed by atoms with Crippen LogP contribution in [0.3, 0.4) is 0 Å². The number of amides is 1. The second kappa shape index (κ2) is 9.34. The molecule has 8 heteroatoms. The molecule has 0 aliphatic rings. The predicted molar refractivity (Wildman–Crippen MR) is 118 cm³/mol. The maximum Gasteiger partial charge on any atom is 0.471 e. The van der Waals surface area contributed by atoms with Crippen molar-refractivity contribution in [2.45, 2.75) is 58.0 Å². The molecule has 0 heterocycles. The van der Waals surface area contributed by atoms with E-state index in [1.165, 1.54) is 12.1 Å². The van der Waals surface area contributed by atoms with Gasteiger partial charge in [-0.2, -0.15) is 13.2 Å². The molecule has 0 aliphatic carbocycles. The molecule has 1 N–H and O–H groups in total. The van der Waals surface area contributed by atoms with Crippen LogP contribution in [0, 0.1) is 0 Å². The summed E-state index contributed by atoms with van der Waals surface area (Å²) in [7, 11) is -2.11. The number of benzene rings is 2. The smallest absolute Gasteiger partial charge is 0.471 e. The fourth-order valence-electron chi connectivity index (χ4n) is 2.73. The van der Waals surface area contributed by atoms with Gasteiger partial charge in [-0.3, -0.25) is 4.79 Å². The van der Waals surface area contributed by atoms with E-state index < -0.39 is 20.4 Å². The van der Waals surface area contributed by atoms with Crippen LogP contribution in [0.25, 0.3) is 0 Å². The maximum absolute atomic E-state index is 13.2. The maximum atomic E-state index is 13.2. The molecule has 0 unspecified atom stereocenters. The lowest BCUT2D eigenvalue weighted by atomic mass is 10.1. The summed E-state index contributed by atoms with van der Waals surface area (Å²) < 4.78 is 45.8. The van der Waals surface area contributed by atoms with Crippen molar-refractivity contribution in [2.24, 2.45) is 0 Å². The van der Waals surface area contributed by atoms with Crippen LogP contribution >= 0.6 is 0 Å². The van der Waals surface area contributed by atoms with Gasteiger partial charge in [-0.25, -0.2) is 0 Å². The van der Waals surface area contributed by atoms with Crippen LogP contribution < -0.4 is 4.43 Å². The highest BCUT2D eigenvalue weighted by Gasteiger charge is 2.42. The summed E-state index contributed by atoms with van der Waals surface area (Å²) in [5.74, 6) is -1.20. The highest BCUT2D eigenvalue weighted by molar-refractivity contribution is 6.74. The summed E-state index contributed by atoms with van der Waals surface area (Å²) in [6, 6.07) is 13.1. The van der Waals surface area contributed by atoms with Gasteiger partial charge in [0.25, 0.3) is 0 Å². The first-order chi connectivity index (χ1) is 14.2. The zero-order valence-electron chi connectivity index (χ0n) is 18.6. The number of carbonyl (C=O) groups is 1. The van der Waals surface area contributed by atoms with Gasteiger partial charge in [0.1, 0.15) is 11.5 Å². The van der Waals surface area contributed by atoms with E-state index in [0.717, 1.165) is 10.5 Å². The number of aromatic hydroxyl groups is 1. The average molecular weight is 454 g/mol. The SMILES string of the molecule is CC(C)(C)[Si](C)(C)Oc1cccc(CN(CCc2ccc(O)cc2)C(=O)C(F)(F)F)c1. The second-order valence-corrected chi connectivity index (χ2v) is 13.9. The first-order valence-electron chi connectivity index (χ1n) is 10.1. The highest BCUT2D eigenvalue weighted by atomic mass is 28.4. The second-order valence-electron chi connectivity index (χ2n) is 9.15. The van der Waals surface area contributed by atoms with Crippen LogP contribution in [-0.4, -0.2) is 37.0 Å². The van der Waals surface area contributed by atoms with Crippen molar-refractivity contribution in [3.63, 3.8) is 0 Å². The van der Waals surface area contributed by atoms with E-state index in [9.17, 15) is 23.1 Å². The summed E-state index contributed by atoms with van der Waals surface area (Å²) in [4.78, 5) is 12.8. The Morgan fingerprint density at radius 2 is 1.65 bits per heavy atom. The lowest BCUT2D eigenvalue weighted by Gasteiger charge is -2.36. The van der Waals surface area contributed by atoms with Gasteiger partial charge in [0.15, 0.2) is 0 Å². The van der Waals surface area contributed by atoms with E-state index in [2.05, 4.69) is 33.9 Å². The molecular formula is C23H30F3NO3Si. The normalized spacial score (nSPS) is 12.5. The molecule has 170 valence electrons. The molecule has 0 saturated heterocycles. The lowest BCUT2D eigenvalue weighted by Crippen LogP contribution is -2.44. The van der Waals surface area contributed by atoms with Crippen LogP contribution in [0.1, 0.15) is 31.9 Å². The largest absolute Gasteiger partial charge is 0.543 e. The molecule has 0 spiro atoms. The van der Waals surface area contributed by atoms with Crippen molar-refractivity contribution in [1.82, 2.24) is 4.90 Å². The van der Waals surface area contributed by atoms with Gasteiger partial charge in [0.05, 0.1) is 0 Å². The third-order valence-corrected chi connectivity index (χ3v) is 9.95. The molecule has 2 aromatic carbocycles. The minimum absolute atomic E-state index is 0.0224. The van der Waals surface area contributed by atoms with Crippen LogP contribution in [0.15, 0.2) is 48.5 Å². The predicted octanol–water partition coefficient (Wildman–Crippen LogP) is 5.91. The van der Waals surface area contributed by atoms with Crippen LogP contribution in [0.5, 0.6) is 11.5 Å². The summed E-state index contributed by atoms with van der Waals surface area (Å²) in [5, 5.41) is 9.34. The van der Waals surface area contributed by atoms with Crippen molar-refractivity contribution in [2.75, 3.05) is 6.54 Å². The van der Waals surface area contributed by atoms with E-state index in [4.69, 9.17) is 4.43 Å². The Balaban J connectivity index is 2.20. The van der Waals surface area contributed by atoms with Gasteiger partial charge in [0.2, 0.25) is 8.32 Å². The monoisotopic (exact) mass is 453 g/mol. The molecule has 1 amide bonds. The fourth-order valence-corrected chi connectivity index (χ4v) is 3.76. The van der Waals surface area contributed by atoms with Crippen molar-refractivity contribution < 1.29 is 27.5 Å². The number of phenols is 1. The summed E-state index contributed by atoms with van der Waals surface area (Å²) in [6.45, 7) is 10.2. The van der Waals surface area contributed by atoms with Crippen molar-refractivity contribution in [1.29, 1.82) is 0 Å². The van der Waals surface area contributed by atoms with Crippen LogP contribution in [0.2, 0.25) is 18.1 Å². The van der Waals surface area contributed by atoms with E-state index in [1.54, 1.807) is 36.4 Å². The standard InChI is InChI=1S/C23H30F3NO3Si/c1-22(2,3)31(4,5)30-20-8-6-7-18(15-20)16-27(21(29)23(24,25)26)14-13-17-9-11-19(28)12-10-17/h6-12,15,28H,13-14,16H2,1-5H3. The Bertz CT molecular complexity index is 890. The molecule has 0 saturated carbocycles. The molecule has 0 atom stereocenters. The van der Waals surface area contributed by atoms with Crippen molar-refractivity contribution >= 4 is 14.2 Å². The van der Waals surface area contributed by atoms with E-state index in [0.29, 0.717) is 11.3 Å². The first kappa shape index (κ1) is 24.8. The Labute approximate surface area is 182 Å². The number of alkyl halides is 3. The quantitative estimate of drug-likeness (QED) is 0.530. The third-order valence-electron chi connectivity index (χ3n) is 5.59. The minimum Gasteiger partial charge on any atom is -0.543 e. The molecule has 4 nitrogen and oxygen atoms in total. The van der Waals surface area contributed by atoms with E-state index in [-0.39, 0.29) is 30.3 Å². The van der Waals surface area contributed by atoms with Crippen LogP contribution in [-0.2, 0) is 17.8 Å². The molecule has 0 bridgehead atoms. The van der Waals surface area contributed by atoms with Gasteiger partial charge in [0, 0.05) is 13.1 Å². The molecule has 0 aliphatic heterocycles. The molecule has 0 fully saturated rings. The summed E-state index contributed by atoms with van der Waals surface area (Å²) in [6.07, 6.45) is -4.72. The summed E-state index contributed by atoms with van der Waals surface area (Å²) >= 11 is 0. The van der Waals surface area contributed by atoms with Gasteiger partial charge in [-0.05, 0) is 59.9 Å². The Hall–Kier alpha value is -2.48. The van der Waals surface area contributed by atoms with E-state index in [1.807, 2.05) is 0 Å². The molecule has 0 aromatic heterocycles. The highest BCUT2D eigenvalue weighted by Crippen LogP contribution is 2.37. The number of halogens is 3. The number of rotatable bonds is 7. The first-order valence-corrected chi connectivity index (χ1v) is 13.0. The summed E-state index contributed by atoms with van der Waals surface area (Å²) in [5.41, 5.74) is 1.30. The van der Waals surface area contributed by atoms with Gasteiger partial charge in [-0.1, -0.05) is 45.0 Å². The number of hydrogen-bond donors (Lipinski definition) is 1. The molecule has 2 rings (SSSR count). The molecular weight excluding hydrogens is 423 g/mol. The average Bonchev–Trinajstić information content (AvgIpc) is 2.64. The Morgan fingerprint density at radius 3 is 2.19 bits per heavy atom. The van der Waals surface area contributed by atoms with Crippen molar-refractivity contribution in [3.05, 3.63) is 59.7 Å². The number of carbonyl (C=O) groups excluding carboxylic acids is 1. The zero-order valence-corrected chi connectivity index (χ0v) is 19.6. The topological polar surface area (TPSA) is 49.8 Å². The van der Waals surface area contributed by atoms with Crippen molar-refractivity contribution in [3.8, 4) is 11.5 Å². The third kappa shape index (κ3) is 7.02. The van der Waals surface area contributed by atoms with Gasteiger partial charge >= 0.3 is 12.1 Å². The van der Waals surface area contributed by atoms with E-state index >= 15 is 0 Å². The molecule has 0 radical (unpaired) electrons. The van der Waals surface area contributed by atoms with Gasteiger partial charge in [-0.15, -0.1) is 0 Å². The lowest BCUT2D eigenvalue weighted by molar-refractivity contribution is -0.186. The van der Waals surface area contributed by atoms with Crippen LogP contribution in [0.4, 0.5) is 13.2 Å². The van der Waals surface area contributed by atoms with Gasteiger partial charge < -0.3 is 14.4 Å². The number of hydrogen-bond acceptors (Lipinski definition) is 3. The zero-order chi connectivity index (χ0) is 23.4. The molecule has 2 aromatic rings.